The second kappa shape index (κ2) is 6.72. The Hall–Kier alpha value is -1.85. The van der Waals surface area contributed by atoms with Crippen LogP contribution >= 0.6 is 0 Å². The molecule has 0 bridgehead atoms. The standard InChI is InChI=1S/C18H25N3O2/c1-12-6-17(23-3)5-4-14(12)9-21-10-15(18(22)11-21)8-16-7-13(2)19-20-16/h4-7,15,18,22H,8-11H2,1-3H3,(H,19,20)/t15-,18+/m1/s1. The van der Waals surface area contributed by atoms with Gasteiger partial charge in [0.25, 0.3) is 0 Å². The predicted molar refractivity (Wildman–Crippen MR) is 89.5 cm³/mol. The van der Waals surface area contributed by atoms with Crippen LogP contribution in [-0.4, -0.2) is 46.5 Å². The third-order valence-electron chi connectivity index (χ3n) is 4.66. The van der Waals surface area contributed by atoms with E-state index in [-0.39, 0.29) is 12.0 Å². The lowest BCUT2D eigenvalue weighted by atomic mass is 10.00. The van der Waals surface area contributed by atoms with E-state index in [1.54, 1.807) is 7.11 Å². The van der Waals surface area contributed by atoms with Crippen LogP contribution in [0.1, 0.15) is 22.5 Å². The van der Waals surface area contributed by atoms with Crippen LogP contribution in [0.3, 0.4) is 0 Å². The van der Waals surface area contributed by atoms with Gasteiger partial charge in [-0.3, -0.25) is 10.00 Å². The molecule has 0 saturated carbocycles. The monoisotopic (exact) mass is 315 g/mol. The number of nitrogens with one attached hydrogen (secondary N) is 1. The Labute approximate surface area is 137 Å². The Balaban J connectivity index is 1.62. The SMILES string of the molecule is COc1ccc(CN2C[C@@H](Cc3cc(C)[nH]n3)[C@@H](O)C2)c(C)c1. The van der Waals surface area contributed by atoms with Gasteiger partial charge in [-0.1, -0.05) is 6.07 Å². The molecule has 5 nitrogen and oxygen atoms in total. The van der Waals surface area contributed by atoms with Crippen molar-refractivity contribution in [3.63, 3.8) is 0 Å². The zero-order valence-electron chi connectivity index (χ0n) is 14.0. The van der Waals surface area contributed by atoms with Crippen LogP contribution in [-0.2, 0) is 13.0 Å². The Bertz CT molecular complexity index is 668. The lowest BCUT2D eigenvalue weighted by Crippen LogP contribution is -2.21. The molecule has 1 aliphatic rings. The molecule has 0 radical (unpaired) electrons. The first-order valence-corrected chi connectivity index (χ1v) is 8.10. The summed E-state index contributed by atoms with van der Waals surface area (Å²) in [6, 6.07) is 8.23. The maximum absolute atomic E-state index is 10.4. The fraction of sp³-hybridized carbons (Fsp3) is 0.500. The zero-order valence-corrected chi connectivity index (χ0v) is 14.0. The second-order valence-electron chi connectivity index (χ2n) is 6.56. The number of aliphatic hydroxyl groups excluding tert-OH is 1. The highest BCUT2D eigenvalue weighted by molar-refractivity contribution is 5.34. The molecule has 1 saturated heterocycles. The molecule has 124 valence electrons. The molecule has 1 aliphatic heterocycles. The number of H-pyrrole nitrogens is 1. The molecule has 5 heteroatoms. The summed E-state index contributed by atoms with van der Waals surface area (Å²) in [5.74, 6) is 1.13. The normalized spacial score (nSPS) is 21.7. The average Bonchev–Trinajstić information content (AvgIpc) is 3.08. The first-order chi connectivity index (χ1) is 11.0. The van der Waals surface area contributed by atoms with E-state index in [9.17, 15) is 5.11 Å². The lowest BCUT2D eigenvalue weighted by Gasteiger charge is -2.17. The predicted octanol–water partition coefficient (Wildman–Crippen LogP) is 2.07. The van der Waals surface area contributed by atoms with Crippen molar-refractivity contribution in [2.24, 2.45) is 5.92 Å². The lowest BCUT2D eigenvalue weighted by molar-refractivity contribution is 0.140. The molecule has 2 heterocycles. The first-order valence-electron chi connectivity index (χ1n) is 8.10. The number of methoxy groups -OCH3 is 1. The molecule has 1 fully saturated rings. The summed E-state index contributed by atoms with van der Waals surface area (Å²) >= 11 is 0. The van der Waals surface area contributed by atoms with E-state index in [4.69, 9.17) is 4.74 Å². The molecule has 3 rings (SSSR count). The number of rotatable bonds is 5. The van der Waals surface area contributed by atoms with Crippen molar-refractivity contribution in [2.75, 3.05) is 20.2 Å². The largest absolute Gasteiger partial charge is 0.497 e. The molecule has 2 atom stereocenters. The highest BCUT2D eigenvalue weighted by atomic mass is 16.5. The Morgan fingerprint density at radius 3 is 2.78 bits per heavy atom. The van der Waals surface area contributed by atoms with Crippen LogP contribution in [0.5, 0.6) is 5.75 Å². The maximum atomic E-state index is 10.4. The summed E-state index contributed by atoms with van der Waals surface area (Å²) in [7, 11) is 1.69. The van der Waals surface area contributed by atoms with Crippen molar-refractivity contribution in [1.82, 2.24) is 15.1 Å². The quantitative estimate of drug-likeness (QED) is 0.887. The number of ether oxygens (including phenoxy) is 1. The zero-order chi connectivity index (χ0) is 16.4. The number of β-amino-alcohol motifs (C(OH)–C–C–N with tert-alkyl or cyclic N) is 1. The number of aromatic amines is 1. The van der Waals surface area contributed by atoms with E-state index >= 15 is 0 Å². The van der Waals surface area contributed by atoms with Crippen molar-refractivity contribution in [3.8, 4) is 5.75 Å². The molecule has 0 unspecified atom stereocenters. The van der Waals surface area contributed by atoms with Crippen LogP contribution in [0.2, 0.25) is 0 Å². The van der Waals surface area contributed by atoms with Gasteiger partial charge in [0.15, 0.2) is 0 Å². The topological polar surface area (TPSA) is 61.4 Å². The van der Waals surface area contributed by atoms with Gasteiger partial charge in [-0.15, -0.1) is 0 Å². The number of aliphatic hydroxyl groups is 1. The maximum Gasteiger partial charge on any atom is 0.119 e. The smallest absolute Gasteiger partial charge is 0.119 e. The number of aryl methyl sites for hydroxylation is 2. The Kier molecular flexibility index (Phi) is 4.68. The van der Waals surface area contributed by atoms with Crippen molar-refractivity contribution in [3.05, 3.63) is 46.8 Å². The van der Waals surface area contributed by atoms with Crippen LogP contribution in [0, 0.1) is 19.8 Å². The van der Waals surface area contributed by atoms with E-state index in [2.05, 4.69) is 40.2 Å². The molecule has 1 aromatic heterocycles. The van der Waals surface area contributed by atoms with Crippen LogP contribution < -0.4 is 4.74 Å². The van der Waals surface area contributed by atoms with Crippen molar-refractivity contribution < 1.29 is 9.84 Å². The number of aromatic nitrogens is 2. The van der Waals surface area contributed by atoms with E-state index in [0.29, 0.717) is 0 Å². The fourth-order valence-corrected chi connectivity index (χ4v) is 3.33. The van der Waals surface area contributed by atoms with Gasteiger partial charge in [-0.25, -0.2) is 0 Å². The van der Waals surface area contributed by atoms with E-state index in [1.807, 2.05) is 13.0 Å². The summed E-state index contributed by atoms with van der Waals surface area (Å²) in [5, 5.41) is 17.6. The summed E-state index contributed by atoms with van der Waals surface area (Å²) in [6.07, 6.45) is 0.536. The molecule has 23 heavy (non-hydrogen) atoms. The number of hydrogen-bond acceptors (Lipinski definition) is 4. The van der Waals surface area contributed by atoms with Gasteiger partial charge in [0.1, 0.15) is 5.75 Å². The van der Waals surface area contributed by atoms with E-state index < -0.39 is 0 Å². The van der Waals surface area contributed by atoms with Gasteiger partial charge in [-0.2, -0.15) is 5.10 Å². The van der Waals surface area contributed by atoms with Crippen LogP contribution in [0.15, 0.2) is 24.3 Å². The minimum atomic E-state index is -0.287. The van der Waals surface area contributed by atoms with Gasteiger partial charge in [0, 0.05) is 31.2 Å². The Morgan fingerprint density at radius 2 is 2.13 bits per heavy atom. The molecule has 2 N–H and O–H groups in total. The van der Waals surface area contributed by atoms with Gasteiger partial charge >= 0.3 is 0 Å². The summed E-state index contributed by atoms with van der Waals surface area (Å²) in [4.78, 5) is 2.32. The number of likely N-dealkylation sites (tertiary alicyclic amines) is 1. The van der Waals surface area contributed by atoms with Gasteiger partial charge in [0.2, 0.25) is 0 Å². The third-order valence-corrected chi connectivity index (χ3v) is 4.66. The molecular weight excluding hydrogens is 290 g/mol. The van der Waals surface area contributed by atoms with Gasteiger partial charge < -0.3 is 9.84 Å². The second-order valence-corrected chi connectivity index (χ2v) is 6.56. The minimum Gasteiger partial charge on any atom is -0.497 e. The third kappa shape index (κ3) is 3.74. The fourth-order valence-electron chi connectivity index (χ4n) is 3.33. The average molecular weight is 315 g/mol. The van der Waals surface area contributed by atoms with Gasteiger partial charge in [0.05, 0.1) is 18.9 Å². The van der Waals surface area contributed by atoms with Gasteiger partial charge in [-0.05, 0) is 49.6 Å². The molecular formula is C18H25N3O2. The molecule has 0 aliphatic carbocycles. The van der Waals surface area contributed by atoms with Crippen molar-refractivity contribution in [2.45, 2.75) is 32.9 Å². The van der Waals surface area contributed by atoms with Crippen molar-refractivity contribution in [1.29, 1.82) is 0 Å². The first kappa shape index (κ1) is 16.0. The summed E-state index contributed by atoms with van der Waals surface area (Å²) in [5.41, 5.74) is 4.62. The molecule has 2 aromatic rings. The molecule has 0 amide bonds. The number of hydrogen-bond donors (Lipinski definition) is 2. The van der Waals surface area contributed by atoms with Crippen molar-refractivity contribution >= 4 is 0 Å². The van der Waals surface area contributed by atoms with E-state index in [1.165, 1.54) is 11.1 Å². The highest BCUT2D eigenvalue weighted by Gasteiger charge is 2.31. The molecule has 0 spiro atoms. The minimum absolute atomic E-state index is 0.247. The number of nitrogens with zero attached hydrogens (tertiary/aromatic N) is 2. The number of benzene rings is 1. The Morgan fingerprint density at radius 1 is 1.30 bits per heavy atom. The van der Waals surface area contributed by atoms with E-state index in [0.717, 1.165) is 43.2 Å². The van der Waals surface area contributed by atoms with Crippen LogP contribution in [0.4, 0.5) is 0 Å². The summed E-state index contributed by atoms with van der Waals surface area (Å²) < 4.78 is 5.26. The highest BCUT2D eigenvalue weighted by Crippen LogP contribution is 2.25. The van der Waals surface area contributed by atoms with Crippen LogP contribution in [0.25, 0.3) is 0 Å². The molecule has 1 aromatic carbocycles. The summed E-state index contributed by atoms with van der Waals surface area (Å²) in [6.45, 7) is 6.59.